The van der Waals surface area contributed by atoms with E-state index in [1.165, 1.54) is 56.9 Å². The standard InChI is InChI=1S/C23H34N2.C2H6.CH3N/c1-15-4-6-18-16(12-15)5-7-20-19(18)10-11-23(2)21(8-9-22(20)23)17-13-24-25(3)14-17;2*1-2/h8,13-16,18-20,22H,4-7,9-12H2,1-3H3;1-2H3;2H,1H2. The maximum Gasteiger partial charge on any atom is 0.0565 e. The van der Waals surface area contributed by atoms with Gasteiger partial charge < -0.3 is 5.41 Å². The van der Waals surface area contributed by atoms with E-state index in [9.17, 15) is 0 Å². The third-order valence-electron chi connectivity index (χ3n) is 8.81. The van der Waals surface area contributed by atoms with Gasteiger partial charge in [0.05, 0.1) is 6.20 Å². The Balaban J connectivity index is 0.000000568. The molecule has 4 aliphatic rings. The van der Waals surface area contributed by atoms with E-state index in [1.54, 1.807) is 5.57 Å². The summed E-state index contributed by atoms with van der Waals surface area (Å²) in [6.45, 7) is 11.6. The predicted molar refractivity (Wildman–Crippen MR) is 124 cm³/mol. The Bertz CT molecular complexity index is 705. The lowest BCUT2D eigenvalue weighted by Gasteiger charge is -2.56. The molecule has 0 aromatic carbocycles. The summed E-state index contributed by atoms with van der Waals surface area (Å²) in [6, 6.07) is 0. The summed E-state index contributed by atoms with van der Waals surface area (Å²) in [7, 11) is 2.04. The normalized spacial score (nSPS) is 40.1. The van der Waals surface area contributed by atoms with Gasteiger partial charge in [0.2, 0.25) is 0 Å². The molecule has 0 amide bonds. The van der Waals surface area contributed by atoms with Crippen LogP contribution in [-0.2, 0) is 7.05 Å². The number of aryl methyl sites for hydroxylation is 1. The molecule has 0 spiro atoms. The summed E-state index contributed by atoms with van der Waals surface area (Å²) >= 11 is 0. The summed E-state index contributed by atoms with van der Waals surface area (Å²) in [5, 5.41) is 9.95. The number of hydrogen-bond donors (Lipinski definition) is 1. The highest BCUT2D eigenvalue weighted by atomic mass is 15.2. The van der Waals surface area contributed by atoms with Gasteiger partial charge in [-0.25, -0.2) is 0 Å². The Hall–Kier alpha value is -1.38. The van der Waals surface area contributed by atoms with E-state index in [2.05, 4.69) is 44.1 Å². The summed E-state index contributed by atoms with van der Waals surface area (Å²) in [6.07, 6.45) is 18.7. The quantitative estimate of drug-likeness (QED) is 0.509. The lowest BCUT2D eigenvalue weighted by atomic mass is 9.49. The van der Waals surface area contributed by atoms with Gasteiger partial charge in [-0.3, -0.25) is 4.68 Å². The summed E-state index contributed by atoms with van der Waals surface area (Å²) in [5.41, 5.74) is 3.40. The van der Waals surface area contributed by atoms with Crippen LogP contribution in [0.5, 0.6) is 0 Å². The second kappa shape index (κ2) is 9.18. The van der Waals surface area contributed by atoms with Crippen LogP contribution in [0.15, 0.2) is 18.5 Å². The van der Waals surface area contributed by atoms with Crippen LogP contribution in [0.2, 0.25) is 0 Å². The van der Waals surface area contributed by atoms with Gasteiger partial charge >= 0.3 is 0 Å². The van der Waals surface area contributed by atoms with Crippen molar-refractivity contribution < 1.29 is 0 Å². The Morgan fingerprint density at radius 2 is 1.79 bits per heavy atom. The highest BCUT2D eigenvalue weighted by Gasteiger charge is 2.54. The number of nitrogens with one attached hydrogen (secondary N) is 1. The molecule has 0 aliphatic heterocycles. The van der Waals surface area contributed by atoms with Crippen LogP contribution in [0.4, 0.5) is 0 Å². The first-order valence-electron chi connectivity index (χ1n) is 12.1. The van der Waals surface area contributed by atoms with Gasteiger partial charge in [0.25, 0.3) is 0 Å². The van der Waals surface area contributed by atoms with E-state index in [1.807, 2.05) is 25.6 Å². The predicted octanol–water partition coefficient (Wildman–Crippen LogP) is 6.99. The van der Waals surface area contributed by atoms with Crippen molar-refractivity contribution in [3.05, 3.63) is 24.0 Å². The molecule has 3 heteroatoms. The average Bonchev–Trinajstić information content (AvgIpc) is 3.33. The van der Waals surface area contributed by atoms with Crippen LogP contribution in [0, 0.1) is 46.3 Å². The first kappa shape index (κ1) is 22.3. The topological polar surface area (TPSA) is 41.7 Å². The van der Waals surface area contributed by atoms with Crippen molar-refractivity contribution in [2.45, 2.75) is 79.1 Å². The second-order valence-electron chi connectivity index (χ2n) is 10.1. The minimum Gasteiger partial charge on any atom is -0.317 e. The van der Waals surface area contributed by atoms with Crippen molar-refractivity contribution in [1.29, 1.82) is 5.41 Å². The average molecular weight is 398 g/mol. The molecule has 0 bridgehead atoms. The third-order valence-corrected chi connectivity index (χ3v) is 8.81. The Kier molecular flexibility index (Phi) is 7.06. The number of allylic oxidation sites excluding steroid dienone is 2. The van der Waals surface area contributed by atoms with E-state index in [-0.39, 0.29) is 0 Å². The number of fused-ring (bicyclic) bond motifs is 5. The molecular weight excluding hydrogens is 354 g/mol. The Morgan fingerprint density at radius 1 is 1.07 bits per heavy atom. The molecule has 0 radical (unpaired) electrons. The fraction of sp³-hybridized carbons (Fsp3) is 0.769. The van der Waals surface area contributed by atoms with Gasteiger partial charge in [0.15, 0.2) is 0 Å². The van der Waals surface area contributed by atoms with Gasteiger partial charge in [0, 0.05) is 18.8 Å². The summed E-state index contributed by atoms with van der Waals surface area (Å²) in [5.74, 6) is 6.01. The molecule has 3 saturated carbocycles. The van der Waals surface area contributed by atoms with Crippen LogP contribution in [-0.4, -0.2) is 16.5 Å². The maximum absolute atomic E-state index is 5.50. The van der Waals surface area contributed by atoms with Crippen molar-refractivity contribution in [1.82, 2.24) is 9.78 Å². The maximum atomic E-state index is 5.50. The molecule has 162 valence electrons. The molecule has 7 unspecified atom stereocenters. The molecule has 0 saturated heterocycles. The van der Waals surface area contributed by atoms with Gasteiger partial charge in [-0.1, -0.05) is 40.2 Å². The van der Waals surface area contributed by atoms with Crippen LogP contribution >= 0.6 is 0 Å². The molecular formula is C26H43N3. The van der Waals surface area contributed by atoms with E-state index in [4.69, 9.17) is 5.41 Å². The zero-order valence-electron chi connectivity index (χ0n) is 19.5. The molecule has 1 N–H and O–H groups in total. The van der Waals surface area contributed by atoms with Crippen molar-refractivity contribution in [3.63, 3.8) is 0 Å². The molecule has 3 nitrogen and oxygen atoms in total. The molecule has 4 aliphatic carbocycles. The Morgan fingerprint density at radius 3 is 2.48 bits per heavy atom. The van der Waals surface area contributed by atoms with Crippen LogP contribution in [0.25, 0.3) is 5.57 Å². The Labute approximate surface area is 178 Å². The molecule has 5 rings (SSSR count). The summed E-state index contributed by atoms with van der Waals surface area (Å²) < 4.78 is 1.97. The van der Waals surface area contributed by atoms with Crippen LogP contribution in [0.1, 0.15) is 84.6 Å². The molecule has 1 aromatic heterocycles. The molecule has 3 fully saturated rings. The van der Waals surface area contributed by atoms with Gasteiger partial charge in [-0.15, -0.1) is 0 Å². The van der Waals surface area contributed by atoms with Crippen LogP contribution < -0.4 is 0 Å². The van der Waals surface area contributed by atoms with E-state index in [0.29, 0.717) is 5.41 Å². The van der Waals surface area contributed by atoms with Crippen molar-refractivity contribution >= 4 is 12.3 Å². The van der Waals surface area contributed by atoms with Gasteiger partial charge in [-0.05, 0) is 98.2 Å². The summed E-state index contributed by atoms with van der Waals surface area (Å²) in [4.78, 5) is 0. The fourth-order valence-electron chi connectivity index (χ4n) is 7.66. The van der Waals surface area contributed by atoms with Crippen molar-refractivity contribution in [2.75, 3.05) is 0 Å². The van der Waals surface area contributed by atoms with E-state index < -0.39 is 0 Å². The van der Waals surface area contributed by atoms with E-state index in [0.717, 1.165) is 35.5 Å². The highest BCUT2D eigenvalue weighted by molar-refractivity contribution is 5.72. The monoisotopic (exact) mass is 397 g/mol. The smallest absolute Gasteiger partial charge is 0.0565 e. The highest BCUT2D eigenvalue weighted by Crippen LogP contribution is 2.64. The van der Waals surface area contributed by atoms with Gasteiger partial charge in [0.1, 0.15) is 0 Å². The molecule has 29 heavy (non-hydrogen) atoms. The molecule has 7 atom stereocenters. The van der Waals surface area contributed by atoms with Crippen molar-refractivity contribution in [3.8, 4) is 0 Å². The second-order valence-corrected chi connectivity index (χ2v) is 10.1. The lowest BCUT2D eigenvalue weighted by Crippen LogP contribution is -2.47. The van der Waals surface area contributed by atoms with Gasteiger partial charge in [-0.2, -0.15) is 5.10 Å². The largest absolute Gasteiger partial charge is 0.317 e. The fourth-order valence-corrected chi connectivity index (χ4v) is 7.66. The number of aromatic nitrogens is 2. The van der Waals surface area contributed by atoms with E-state index >= 15 is 0 Å². The zero-order valence-corrected chi connectivity index (χ0v) is 19.5. The zero-order chi connectivity index (χ0) is 21.2. The molecule has 1 aromatic rings. The molecule has 1 heterocycles. The number of nitrogens with zero attached hydrogens (tertiary/aromatic N) is 2. The first-order valence-corrected chi connectivity index (χ1v) is 12.1. The number of rotatable bonds is 1. The number of hydrogen-bond acceptors (Lipinski definition) is 2. The SMILES string of the molecule is C=N.CC.CC1CCC2C(CCC3C2CCC2(C)C(c4cnn(C)c4)=CCC32)C1. The first-order chi connectivity index (χ1) is 14.1. The minimum absolute atomic E-state index is 0.402. The third kappa shape index (κ3) is 3.86. The van der Waals surface area contributed by atoms with Crippen molar-refractivity contribution in [2.24, 2.45) is 48.0 Å². The lowest BCUT2D eigenvalue weighted by molar-refractivity contribution is -0.0443. The van der Waals surface area contributed by atoms with Crippen LogP contribution in [0.3, 0.4) is 0 Å². The minimum atomic E-state index is 0.402.